The molecule has 1 unspecified atom stereocenters. The molecule has 1 aliphatic rings. The summed E-state index contributed by atoms with van der Waals surface area (Å²) in [7, 11) is -1.72. The monoisotopic (exact) mass is 476 g/mol. The number of nitrogens with zero attached hydrogens (tertiary/aromatic N) is 2. The van der Waals surface area contributed by atoms with Gasteiger partial charge in [0.1, 0.15) is 0 Å². The number of nitrogens with one attached hydrogen (secondary N) is 2. The lowest BCUT2D eigenvalue weighted by Gasteiger charge is -2.29. The van der Waals surface area contributed by atoms with Crippen LogP contribution in [0, 0.1) is 17.2 Å². The molecule has 2 amide bonds. The predicted molar refractivity (Wildman–Crippen MR) is 131 cm³/mol. The topological polar surface area (TPSA) is 144 Å². The van der Waals surface area contributed by atoms with Gasteiger partial charge in [0.15, 0.2) is 0 Å². The molecule has 35 heavy (non-hydrogen) atoms. The molecule has 3 rings (SSSR count). The summed E-state index contributed by atoms with van der Waals surface area (Å²) >= 11 is 0. The zero-order valence-electron chi connectivity index (χ0n) is 19.8. The van der Waals surface area contributed by atoms with Gasteiger partial charge in [0.2, 0.25) is 5.60 Å². The molecule has 0 aromatic heterocycles. The zero-order chi connectivity index (χ0) is 25.4. The summed E-state index contributed by atoms with van der Waals surface area (Å²) in [6, 6.07) is 17.6. The van der Waals surface area contributed by atoms with Crippen LogP contribution in [0.25, 0.3) is 0 Å². The van der Waals surface area contributed by atoms with E-state index in [-0.39, 0.29) is 31.2 Å². The van der Waals surface area contributed by atoms with Crippen LogP contribution in [0.5, 0.6) is 0 Å². The molecular weight excluding hydrogens is 447 g/mol. The molecule has 9 nitrogen and oxygen atoms in total. The van der Waals surface area contributed by atoms with E-state index in [2.05, 4.69) is 15.8 Å². The fraction of sp³-hybridized carbons (Fsp3) is 0.360. The Morgan fingerprint density at radius 2 is 1.94 bits per heavy atom. The van der Waals surface area contributed by atoms with Crippen molar-refractivity contribution in [1.29, 1.82) is 5.26 Å². The summed E-state index contributed by atoms with van der Waals surface area (Å²) in [5, 5.41) is 38.1. The third-order valence-electron chi connectivity index (χ3n) is 5.69. The van der Waals surface area contributed by atoms with Gasteiger partial charge < -0.3 is 25.5 Å². The Balaban J connectivity index is 1.73. The molecule has 2 aromatic rings. The van der Waals surface area contributed by atoms with Crippen LogP contribution >= 0.6 is 0 Å². The molecule has 0 fully saturated rings. The third-order valence-corrected chi connectivity index (χ3v) is 5.69. The minimum Gasteiger partial charge on any atom is -0.426 e. The third kappa shape index (κ3) is 6.91. The Bertz CT molecular complexity index is 1120. The van der Waals surface area contributed by atoms with Crippen LogP contribution in [-0.4, -0.2) is 52.8 Å². The molecule has 10 heteroatoms. The van der Waals surface area contributed by atoms with E-state index in [4.69, 9.17) is 10.1 Å². The molecule has 4 N–H and O–H groups in total. The van der Waals surface area contributed by atoms with E-state index in [0.717, 1.165) is 5.56 Å². The average molecular weight is 476 g/mol. The Labute approximate surface area is 204 Å². The van der Waals surface area contributed by atoms with E-state index < -0.39 is 24.6 Å². The van der Waals surface area contributed by atoms with Crippen LogP contribution in [0.3, 0.4) is 0 Å². The lowest BCUT2D eigenvalue weighted by molar-refractivity contribution is -0.144. The fourth-order valence-corrected chi connectivity index (χ4v) is 3.94. The predicted octanol–water partition coefficient (Wildman–Crippen LogP) is 1.59. The van der Waals surface area contributed by atoms with Gasteiger partial charge in [0.25, 0.3) is 11.8 Å². The highest BCUT2D eigenvalue weighted by molar-refractivity contribution is 6.43. The molecule has 2 aromatic carbocycles. The molecular formula is C25H29BN4O5. The maximum absolute atomic E-state index is 13.4. The van der Waals surface area contributed by atoms with Crippen LogP contribution in [0.1, 0.15) is 48.2 Å². The van der Waals surface area contributed by atoms with E-state index >= 15 is 0 Å². The number of rotatable bonds is 10. The average Bonchev–Trinajstić information content (AvgIpc) is 3.26. The van der Waals surface area contributed by atoms with Crippen LogP contribution < -0.4 is 10.6 Å². The molecule has 0 aliphatic carbocycles. The van der Waals surface area contributed by atoms with E-state index in [1.54, 1.807) is 18.2 Å². The highest BCUT2D eigenvalue weighted by Crippen LogP contribution is 2.29. The van der Waals surface area contributed by atoms with Gasteiger partial charge in [-0.2, -0.15) is 5.26 Å². The van der Waals surface area contributed by atoms with Crippen molar-refractivity contribution in [3.8, 4) is 6.07 Å². The summed E-state index contributed by atoms with van der Waals surface area (Å²) < 4.78 is 0. The minimum atomic E-state index is -1.72. The number of oxime groups is 1. The number of benzene rings is 2. The second kappa shape index (κ2) is 11.6. The Morgan fingerprint density at radius 1 is 1.20 bits per heavy atom. The van der Waals surface area contributed by atoms with Crippen molar-refractivity contribution in [2.75, 3.05) is 6.54 Å². The second-order valence-electron chi connectivity index (χ2n) is 9.08. The largest absolute Gasteiger partial charge is 0.475 e. The maximum atomic E-state index is 13.4. The maximum Gasteiger partial charge on any atom is 0.475 e. The standard InChI is InChI=1S/C25H29BN4O5/c1-17(2)11-22(26(33)34)29-24(32)25(13-18-7-4-3-5-8-18)14-21(30-35-25)16-28-23(31)20-10-6-9-19(12-20)15-27/h3-10,12,17,22,33-34H,11,13-14,16H2,1-2H3,(H,28,31)(H,29,32)/t22-,25?/m0/s1. The lowest BCUT2D eigenvalue weighted by Crippen LogP contribution is -2.56. The number of hydrogen-bond donors (Lipinski definition) is 4. The van der Waals surface area contributed by atoms with Crippen LogP contribution in [0.4, 0.5) is 0 Å². The minimum absolute atomic E-state index is 0.0531. The van der Waals surface area contributed by atoms with Gasteiger partial charge >= 0.3 is 7.12 Å². The van der Waals surface area contributed by atoms with E-state index in [0.29, 0.717) is 23.3 Å². The Morgan fingerprint density at radius 3 is 2.60 bits per heavy atom. The number of nitriles is 1. The molecule has 2 atom stereocenters. The summed E-state index contributed by atoms with van der Waals surface area (Å²) in [5.41, 5.74) is 0.629. The highest BCUT2D eigenvalue weighted by Gasteiger charge is 2.48. The zero-order valence-corrected chi connectivity index (χ0v) is 19.8. The molecule has 0 saturated carbocycles. The number of hydrogen-bond acceptors (Lipinski definition) is 7. The second-order valence-corrected chi connectivity index (χ2v) is 9.08. The summed E-state index contributed by atoms with van der Waals surface area (Å²) in [4.78, 5) is 31.6. The van der Waals surface area contributed by atoms with Crippen molar-refractivity contribution in [2.45, 2.75) is 44.7 Å². The first kappa shape index (κ1) is 25.9. The molecule has 0 radical (unpaired) electrons. The molecule has 0 saturated heterocycles. The van der Waals surface area contributed by atoms with Gasteiger partial charge in [-0.1, -0.05) is 55.4 Å². The quantitative estimate of drug-likeness (QED) is 0.384. The number of amides is 2. The SMILES string of the molecule is CC(C)C[C@H](NC(=O)C1(Cc2ccccc2)CC(CNC(=O)c2cccc(C#N)c2)=NO1)B(O)O. The van der Waals surface area contributed by atoms with Crippen LogP contribution in [0.2, 0.25) is 0 Å². The molecule has 1 heterocycles. The van der Waals surface area contributed by atoms with E-state index in [1.807, 2.05) is 50.2 Å². The Hall–Kier alpha value is -3.68. The number of carbonyl (C=O) groups is 2. The van der Waals surface area contributed by atoms with E-state index in [9.17, 15) is 19.6 Å². The van der Waals surface area contributed by atoms with Crippen molar-refractivity contribution in [3.63, 3.8) is 0 Å². The summed E-state index contributed by atoms with van der Waals surface area (Å²) in [6.45, 7) is 3.89. The van der Waals surface area contributed by atoms with Crippen LogP contribution in [0.15, 0.2) is 59.8 Å². The summed E-state index contributed by atoms with van der Waals surface area (Å²) in [6.07, 6.45) is 0.694. The fourth-order valence-electron chi connectivity index (χ4n) is 3.94. The smallest absolute Gasteiger partial charge is 0.426 e. The van der Waals surface area contributed by atoms with Gasteiger partial charge in [-0.05, 0) is 36.1 Å². The van der Waals surface area contributed by atoms with Gasteiger partial charge in [0, 0.05) is 18.4 Å². The first-order chi connectivity index (χ1) is 16.7. The van der Waals surface area contributed by atoms with Crippen molar-refractivity contribution >= 4 is 24.6 Å². The van der Waals surface area contributed by atoms with Crippen molar-refractivity contribution in [2.24, 2.45) is 11.1 Å². The van der Waals surface area contributed by atoms with Gasteiger partial charge in [-0.15, -0.1) is 0 Å². The summed E-state index contributed by atoms with van der Waals surface area (Å²) in [5.74, 6) is -1.63. The molecule has 0 bridgehead atoms. The lowest BCUT2D eigenvalue weighted by atomic mass is 9.74. The van der Waals surface area contributed by atoms with E-state index in [1.165, 1.54) is 6.07 Å². The highest BCUT2D eigenvalue weighted by atomic mass is 16.7. The normalized spacial score (nSPS) is 17.7. The Kier molecular flexibility index (Phi) is 8.63. The van der Waals surface area contributed by atoms with Gasteiger partial charge in [-0.3, -0.25) is 9.59 Å². The first-order valence-corrected chi connectivity index (χ1v) is 11.5. The molecule has 0 spiro atoms. The van der Waals surface area contributed by atoms with Crippen molar-refractivity contribution in [3.05, 3.63) is 71.3 Å². The van der Waals surface area contributed by atoms with Crippen molar-refractivity contribution < 1.29 is 24.5 Å². The molecule has 182 valence electrons. The number of carbonyl (C=O) groups excluding carboxylic acids is 2. The van der Waals surface area contributed by atoms with Crippen molar-refractivity contribution in [1.82, 2.24) is 10.6 Å². The van der Waals surface area contributed by atoms with Crippen LogP contribution in [-0.2, 0) is 16.1 Å². The molecule has 1 aliphatic heterocycles. The van der Waals surface area contributed by atoms with Gasteiger partial charge in [-0.25, -0.2) is 0 Å². The van der Waals surface area contributed by atoms with Gasteiger partial charge in [0.05, 0.1) is 29.8 Å². The first-order valence-electron chi connectivity index (χ1n) is 11.5.